The van der Waals surface area contributed by atoms with Crippen LogP contribution < -0.4 is 10.6 Å². The van der Waals surface area contributed by atoms with Crippen LogP contribution >= 0.6 is 0 Å². The number of carbonyl (C=O) groups excluding carboxylic acids is 1. The summed E-state index contributed by atoms with van der Waals surface area (Å²) in [5, 5.41) is 15.7. The predicted octanol–water partition coefficient (Wildman–Crippen LogP) is 2.73. The van der Waals surface area contributed by atoms with Crippen molar-refractivity contribution in [1.82, 2.24) is 5.32 Å². The van der Waals surface area contributed by atoms with Gasteiger partial charge in [0.1, 0.15) is 5.75 Å². The summed E-state index contributed by atoms with van der Waals surface area (Å²) in [6.45, 7) is 10.5. The minimum absolute atomic E-state index is 0.0192. The number of amides is 1. The number of aryl methyl sites for hydroxylation is 2. The lowest BCUT2D eigenvalue weighted by atomic mass is 10.1. The lowest BCUT2D eigenvalue weighted by Crippen LogP contribution is -2.37. The molecule has 0 saturated carbocycles. The first-order valence-electron chi connectivity index (χ1n) is 6.54. The maximum Gasteiger partial charge on any atom is 0.225 e. The Morgan fingerprint density at radius 3 is 2.42 bits per heavy atom. The van der Waals surface area contributed by atoms with E-state index in [1.165, 1.54) is 0 Å². The number of carbonyl (C=O) groups is 1. The van der Waals surface area contributed by atoms with Crippen LogP contribution in [0.25, 0.3) is 0 Å². The van der Waals surface area contributed by atoms with Crippen LogP contribution in [0.1, 0.15) is 38.3 Å². The molecule has 0 fully saturated rings. The first-order valence-corrected chi connectivity index (χ1v) is 6.54. The van der Waals surface area contributed by atoms with Crippen molar-refractivity contribution >= 4 is 11.6 Å². The second-order valence-corrected chi connectivity index (χ2v) is 5.93. The fraction of sp³-hybridized carbons (Fsp3) is 0.533. The molecule has 1 rings (SSSR count). The van der Waals surface area contributed by atoms with Crippen molar-refractivity contribution < 1.29 is 9.90 Å². The normalized spacial score (nSPS) is 11.4. The minimum atomic E-state index is -0.0232. The second kappa shape index (κ2) is 6.06. The Labute approximate surface area is 115 Å². The summed E-state index contributed by atoms with van der Waals surface area (Å²) in [6, 6.07) is 3.46. The molecule has 0 aliphatic rings. The van der Waals surface area contributed by atoms with Crippen LogP contribution in [-0.4, -0.2) is 23.1 Å². The summed E-state index contributed by atoms with van der Waals surface area (Å²) >= 11 is 0. The van der Waals surface area contributed by atoms with E-state index in [9.17, 15) is 9.90 Å². The average Bonchev–Trinajstić information content (AvgIpc) is 2.24. The highest BCUT2D eigenvalue weighted by molar-refractivity contribution is 5.91. The second-order valence-electron chi connectivity index (χ2n) is 5.93. The molecule has 0 aliphatic carbocycles. The highest BCUT2D eigenvalue weighted by atomic mass is 16.3. The molecular formula is C15H24N2O2. The molecule has 0 aliphatic heterocycles. The SMILES string of the molecule is Cc1cc(NC(=O)CCNC(C)(C)C)c(C)cc1O. The van der Waals surface area contributed by atoms with Crippen molar-refractivity contribution in [3.8, 4) is 5.75 Å². The largest absolute Gasteiger partial charge is 0.508 e. The molecule has 106 valence electrons. The zero-order valence-electron chi connectivity index (χ0n) is 12.4. The molecule has 0 unspecified atom stereocenters. The quantitative estimate of drug-likeness (QED) is 0.733. The predicted molar refractivity (Wildman–Crippen MR) is 78.6 cm³/mol. The Morgan fingerprint density at radius 2 is 1.84 bits per heavy atom. The number of aromatic hydroxyl groups is 1. The first kappa shape index (κ1) is 15.5. The van der Waals surface area contributed by atoms with Crippen LogP contribution in [0.15, 0.2) is 12.1 Å². The molecule has 19 heavy (non-hydrogen) atoms. The van der Waals surface area contributed by atoms with Gasteiger partial charge in [-0.2, -0.15) is 0 Å². The summed E-state index contributed by atoms with van der Waals surface area (Å²) in [7, 11) is 0. The van der Waals surface area contributed by atoms with Gasteiger partial charge in [0.15, 0.2) is 0 Å². The molecule has 3 N–H and O–H groups in total. The lowest BCUT2D eigenvalue weighted by molar-refractivity contribution is -0.116. The van der Waals surface area contributed by atoms with Crippen LogP contribution in [0.4, 0.5) is 5.69 Å². The van der Waals surface area contributed by atoms with Gasteiger partial charge < -0.3 is 15.7 Å². The van der Waals surface area contributed by atoms with E-state index >= 15 is 0 Å². The van der Waals surface area contributed by atoms with Crippen molar-refractivity contribution in [3.63, 3.8) is 0 Å². The third kappa shape index (κ3) is 5.30. The number of anilines is 1. The third-order valence-corrected chi connectivity index (χ3v) is 2.82. The number of hydrogen-bond donors (Lipinski definition) is 3. The number of phenolic OH excluding ortho intramolecular Hbond substituents is 1. The topological polar surface area (TPSA) is 61.4 Å². The van der Waals surface area contributed by atoms with E-state index in [1.807, 2.05) is 13.8 Å². The molecule has 0 bridgehead atoms. The van der Waals surface area contributed by atoms with Gasteiger partial charge in [-0.25, -0.2) is 0 Å². The number of nitrogens with one attached hydrogen (secondary N) is 2. The van der Waals surface area contributed by atoms with Crippen LogP contribution in [0.5, 0.6) is 5.75 Å². The lowest BCUT2D eigenvalue weighted by Gasteiger charge is -2.20. The third-order valence-electron chi connectivity index (χ3n) is 2.82. The fourth-order valence-corrected chi connectivity index (χ4v) is 1.70. The summed E-state index contributed by atoms with van der Waals surface area (Å²) in [6.07, 6.45) is 0.427. The standard InChI is InChI=1S/C15H24N2O2/c1-10-9-13(18)11(2)8-12(10)17-14(19)6-7-16-15(3,4)5/h8-9,16,18H,6-7H2,1-5H3,(H,17,19). The van der Waals surface area contributed by atoms with Crippen LogP contribution in [-0.2, 0) is 4.79 Å². The van der Waals surface area contributed by atoms with Gasteiger partial charge in [-0.3, -0.25) is 4.79 Å². The maximum atomic E-state index is 11.8. The Bertz CT molecular complexity index is 462. The minimum Gasteiger partial charge on any atom is -0.508 e. The molecular weight excluding hydrogens is 240 g/mol. The molecule has 0 heterocycles. The Morgan fingerprint density at radius 1 is 1.21 bits per heavy atom. The molecule has 4 heteroatoms. The van der Waals surface area contributed by atoms with E-state index < -0.39 is 0 Å². The smallest absolute Gasteiger partial charge is 0.225 e. The van der Waals surface area contributed by atoms with E-state index in [4.69, 9.17) is 0 Å². The summed E-state index contributed by atoms with van der Waals surface area (Å²) in [4.78, 5) is 11.8. The Kier molecular flexibility index (Phi) is 4.95. The summed E-state index contributed by atoms with van der Waals surface area (Å²) in [5.74, 6) is 0.231. The monoisotopic (exact) mass is 264 g/mol. The Hall–Kier alpha value is -1.55. The first-order chi connectivity index (χ1) is 8.69. The van der Waals surface area contributed by atoms with Gasteiger partial charge in [0.25, 0.3) is 0 Å². The molecule has 0 saturated heterocycles. The number of benzene rings is 1. The van der Waals surface area contributed by atoms with Gasteiger partial charge in [-0.1, -0.05) is 0 Å². The van der Waals surface area contributed by atoms with Crippen molar-refractivity contribution in [2.75, 3.05) is 11.9 Å². The molecule has 0 radical (unpaired) electrons. The van der Waals surface area contributed by atoms with Crippen LogP contribution in [0.2, 0.25) is 0 Å². The molecule has 4 nitrogen and oxygen atoms in total. The Balaban J connectivity index is 2.56. The molecule has 1 amide bonds. The number of phenols is 1. The summed E-state index contributed by atoms with van der Waals surface area (Å²) < 4.78 is 0. The van der Waals surface area contributed by atoms with E-state index in [0.717, 1.165) is 16.8 Å². The van der Waals surface area contributed by atoms with Gasteiger partial charge in [-0.15, -0.1) is 0 Å². The van der Waals surface area contributed by atoms with Crippen molar-refractivity contribution in [2.24, 2.45) is 0 Å². The van der Waals surface area contributed by atoms with E-state index in [1.54, 1.807) is 12.1 Å². The molecule has 1 aromatic carbocycles. The van der Waals surface area contributed by atoms with Crippen LogP contribution in [0, 0.1) is 13.8 Å². The summed E-state index contributed by atoms with van der Waals surface area (Å²) in [5.41, 5.74) is 2.40. The average molecular weight is 264 g/mol. The van der Waals surface area contributed by atoms with Gasteiger partial charge >= 0.3 is 0 Å². The van der Waals surface area contributed by atoms with E-state index in [0.29, 0.717) is 13.0 Å². The van der Waals surface area contributed by atoms with Crippen molar-refractivity contribution in [2.45, 2.75) is 46.6 Å². The zero-order chi connectivity index (χ0) is 14.6. The fourth-order valence-electron chi connectivity index (χ4n) is 1.70. The number of hydrogen-bond acceptors (Lipinski definition) is 3. The van der Waals surface area contributed by atoms with Gasteiger partial charge in [0.2, 0.25) is 5.91 Å². The maximum absolute atomic E-state index is 11.8. The molecule has 0 aromatic heterocycles. The highest BCUT2D eigenvalue weighted by Crippen LogP contribution is 2.24. The molecule has 0 spiro atoms. The molecule has 1 aromatic rings. The van der Waals surface area contributed by atoms with E-state index in [-0.39, 0.29) is 17.2 Å². The van der Waals surface area contributed by atoms with Crippen molar-refractivity contribution in [3.05, 3.63) is 23.3 Å². The van der Waals surface area contributed by atoms with Gasteiger partial charge in [0, 0.05) is 24.2 Å². The van der Waals surface area contributed by atoms with Crippen LogP contribution in [0.3, 0.4) is 0 Å². The number of rotatable bonds is 4. The molecule has 0 atom stereocenters. The van der Waals surface area contributed by atoms with Crippen molar-refractivity contribution in [1.29, 1.82) is 0 Å². The van der Waals surface area contributed by atoms with Gasteiger partial charge in [0.05, 0.1) is 0 Å². The van der Waals surface area contributed by atoms with Gasteiger partial charge in [-0.05, 0) is 57.9 Å². The highest BCUT2D eigenvalue weighted by Gasteiger charge is 2.11. The van der Waals surface area contributed by atoms with E-state index in [2.05, 4.69) is 31.4 Å². The zero-order valence-corrected chi connectivity index (χ0v) is 12.4.